The van der Waals surface area contributed by atoms with E-state index >= 15 is 0 Å². The Morgan fingerprint density at radius 2 is 1.58 bits per heavy atom. The molecule has 2 atom stereocenters. The Bertz CT molecular complexity index is 398. The van der Waals surface area contributed by atoms with Crippen LogP contribution < -0.4 is 0 Å². The molecule has 0 radical (unpaired) electrons. The zero-order chi connectivity index (χ0) is 14.0. The molecule has 2 amide bonds. The maximum atomic E-state index is 12.4. The van der Waals surface area contributed by atoms with Crippen molar-refractivity contribution in [2.24, 2.45) is 0 Å². The predicted molar refractivity (Wildman–Crippen MR) is 64.5 cm³/mol. The van der Waals surface area contributed by atoms with Crippen molar-refractivity contribution >= 4 is 18.0 Å². The molecule has 0 aromatic rings. The van der Waals surface area contributed by atoms with Gasteiger partial charge in [0.25, 0.3) is 0 Å². The van der Waals surface area contributed by atoms with Gasteiger partial charge in [0.05, 0.1) is 7.11 Å². The summed E-state index contributed by atoms with van der Waals surface area (Å²) in [6.07, 6.45) is 2.46. The lowest BCUT2D eigenvalue weighted by molar-refractivity contribution is -0.145. The minimum atomic E-state index is -0.986. The average molecular weight is 270 g/mol. The zero-order valence-corrected chi connectivity index (χ0v) is 10.9. The average Bonchev–Trinajstić information content (AvgIpc) is 3.05. The lowest BCUT2D eigenvalue weighted by Gasteiger charge is -2.30. The Hall–Kier alpha value is -1.79. The first kappa shape index (κ1) is 13.6. The van der Waals surface area contributed by atoms with Crippen molar-refractivity contribution in [3.8, 4) is 0 Å². The van der Waals surface area contributed by atoms with Gasteiger partial charge in [0.2, 0.25) is 0 Å². The van der Waals surface area contributed by atoms with E-state index in [2.05, 4.69) is 4.74 Å². The minimum Gasteiger partial charge on any atom is -0.480 e. The number of ether oxygens (including phenoxy) is 1. The molecule has 19 heavy (non-hydrogen) atoms. The molecule has 0 aromatic heterocycles. The summed E-state index contributed by atoms with van der Waals surface area (Å²) >= 11 is 0. The number of carbonyl (C=O) groups is 3. The molecule has 2 saturated heterocycles. The van der Waals surface area contributed by atoms with E-state index in [1.54, 1.807) is 0 Å². The molecule has 0 spiro atoms. The van der Waals surface area contributed by atoms with Crippen LogP contribution in [0.1, 0.15) is 25.7 Å². The van der Waals surface area contributed by atoms with Crippen LogP contribution in [-0.4, -0.2) is 65.2 Å². The number of hydrogen-bond donors (Lipinski definition) is 1. The molecule has 2 aliphatic rings. The molecule has 106 valence electrons. The van der Waals surface area contributed by atoms with E-state index in [9.17, 15) is 14.4 Å². The molecule has 0 aromatic carbocycles. The molecule has 7 heteroatoms. The third-order valence-corrected chi connectivity index (χ3v) is 3.76. The Balaban J connectivity index is 2.10. The van der Waals surface area contributed by atoms with Crippen LogP contribution in [0.2, 0.25) is 0 Å². The van der Waals surface area contributed by atoms with Gasteiger partial charge in [-0.25, -0.2) is 14.4 Å². The quantitative estimate of drug-likeness (QED) is 0.729. The fourth-order valence-corrected chi connectivity index (χ4v) is 2.79. The van der Waals surface area contributed by atoms with Crippen LogP contribution in [0.3, 0.4) is 0 Å². The number of likely N-dealkylation sites (tertiary alicyclic amines) is 2. The number of rotatable bonds is 2. The highest BCUT2D eigenvalue weighted by Crippen LogP contribution is 2.25. The summed E-state index contributed by atoms with van der Waals surface area (Å²) < 4.78 is 4.68. The van der Waals surface area contributed by atoms with Crippen molar-refractivity contribution in [3.63, 3.8) is 0 Å². The molecule has 0 aliphatic carbocycles. The van der Waals surface area contributed by atoms with Crippen LogP contribution in [0.25, 0.3) is 0 Å². The van der Waals surface area contributed by atoms with Crippen molar-refractivity contribution in [1.82, 2.24) is 9.80 Å². The van der Waals surface area contributed by atoms with E-state index in [0.717, 1.165) is 6.42 Å². The number of amides is 2. The lowest BCUT2D eigenvalue weighted by atomic mass is 10.2. The Kier molecular flexibility index (Phi) is 3.92. The fourth-order valence-electron chi connectivity index (χ4n) is 2.79. The molecule has 1 N–H and O–H groups in total. The van der Waals surface area contributed by atoms with Crippen molar-refractivity contribution in [2.75, 3.05) is 20.2 Å². The summed E-state index contributed by atoms with van der Waals surface area (Å²) in [6.45, 7) is 0.904. The largest absolute Gasteiger partial charge is 0.480 e. The third-order valence-electron chi connectivity index (χ3n) is 3.76. The first-order valence-electron chi connectivity index (χ1n) is 6.44. The van der Waals surface area contributed by atoms with Gasteiger partial charge in [-0.2, -0.15) is 0 Å². The molecule has 0 saturated carbocycles. The number of carboxylic acid groups (broad SMARTS) is 1. The van der Waals surface area contributed by atoms with Gasteiger partial charge in [-0.05, 0) is 25.7 Å². The SMILES string of the molecule is COC(=O)C1CCCN1C(=O)N1CCC[C@H]1C(=O)O. The number of aliphatic carboxylic acids is 1. The zero-order valence-electron chi connectivity index (χ0n) is 10.9. The number of esters is 1. The summed E-state index contributed by atoms with van der Waals surface area (Å²) in [4.78, 5) is 37.9. The molecule has 2 fully saturated rings. The number of nitrogens with zero attached hydrogens (tertiary/aromatic N) is 2. The molecule has 2 aliphatic heterocycles. The van der Waals surface area contributed by atoms with Crippen molar-refractivity contribution < 1.29 is 24.2 Å². The Morgan fingerprint density at radius 3 is 2.11 bits per heavy atom. The van der Waals surface area contributed by atoms with E-state index in [0.29, 0.717) is 32.4 Å². The smallest absolute Gasteiger partial charge is 0.328 e. The van der Waals surface area contributed by atoms with Gasteiger partial charge in [0, 0.05) is 13.1 Å². The Labute approximate surface area is 111 Å². The number of urea groups is 1. The van der Waals surface area contributed by atoms with Gasteiger partial charge >= 0.3 is 18.0 Å². The summed E-state index contributed by atoms with van der Waals surface area (Å²) in [5, 5.41) is 9.09. The summed E-state index contributed by atoms with van der Waals surface area (Å²) in [5.74, 6) is -1.42. The summed E-state index contributed by atoms with van der Waals surface area (Å²) in [7, 11) is 1.29. The van der Waals surface area contributed by atoms with Gasteiger partial charge < -0.3 is 19.6 Å². The molecular formula is C12H18N2O5. The van der Waals surface area contributed by atoms with Crippen LogP contribution in [0.15, 0.2) is 0 Å². The normalized spacial score (nSPS) is 26.6. The van der Waals surface area contributed by atoms with Crippen molar-refractivity contribution in [3.05, 3.63) is 0 Å². The molecule has 7 nitrogen and oxygen atoms in total. The van der Waals surface area contributed by atoms with Crippen LogP contribution >= 0.6 is 0 Å². The van der Waals surface area contributed by atoms with E-state index in [4.69, 9.17) is 5.11 Å². The number of carboxylic acids is 1. The highest BCUT2D eigenvalue weighted by molar-refractivity contribution is 5.87. The van der Waals surface area contributed by atoms with Crippen molar-refractivity contribution in [1.29, 1.82) is 0 Å². The van der Waals surface area contributed by atoms with Gasteiger partial charge in [-0.3, -0.25) is 0 Å². The monoisotopic (exact) mass is 270 g/mol. The lowest BCUT2D eigenvalue weighted by Crippen LogP contribution is -2.51. The summed E-state index contributed by atoms with van der Waals surface area (Å²) in [5.41, 5.74) is 0. The summed E-state index contributed by atoms with van der Waals surface area (Å²) in [6, 6.07) is -1.71. The first-order valence-corrected chi connectivity index (χ1v) is 6.44. The van der Waals surface area contributed by atoms with Crippen LogP contribution in [0.4, 0.5) is 4.79 Å². The number of carbonyl (C=O) groups excluding carboxylic acids is 2. The van der Waals surface area contributed by atoms with E-state index in [-0.39, 0.29) is 6.03 Å². The van der Waals surface area contributed by atoms with Crippen LogP contribution in [0.5, 0.6) is 0 Å². The second kappa shape index (κ2) is 5.46. The predicted octanol–water partition coefficient (Wildman–Crippen LogP) is 0.293. The van der Waals surface area contributed by atoms with E-state index in [1.807, 2.05) is 0 Å². The van der Waals surface area contributed by atoms with Crippen LogP contribution in [-0.2, 0) is 14.3 Å². The minimum absolute atomic E-state index is 0.363. The van der Waals surface area contributed by atoms with Gasteiger partial charge in [-0.15, -0.1) is 0 Å². The fraction of sp³-hybridized carbons (Fsp3) is 0.750. The van der Waals surface area contributed by atoms with Crippen LogP contribution in [0, 0.1) is 0 Å². The topological polar surface area (TPSA) is 87.2 Å². The number of methoxy groups -OCH3 is 1. The molecule has 1 unspecified atom stereocenters. The van der Waals surface area contributed by atoms with E-state index < -0.39 is 24.0 Å². The Morgan fingerprint density at radius 1 is 1.05 bits per heavy atom. The van der Waals surface area contributed by atoms with Gasteiger partial charge in [-0.1, -0.05) is 0 Å². The molecule has 0 bridgehead atoms. The third kappa shape index (κ3) is 2.50. The second-order valence-electron chi connectivity index (χ2n) is 4.85. The molecular weight excluding hydrogens is 252 g/mol. The second-order valence-corrected chi connectivity index (χ2v) is 4.85. The highest BCUT2D eigenvalue weighted by Gasteiger charge is 2.41. The van der Waals surface area contributed by atoms with E-state index in [1.165, 1.54) is 16.9 Å². The van der Waals surface area contributed by atoms with Crippen molar-refractivity contribution in [2.45, 2.75) is 37.8 Å². The highest BCUT2D eigenvalue weighted by atomic mass is 16.5. The van der Waals surface area contributed by atoms with Gasteiger partial charge in [0.1, 0.15) is 12.1 Å². The standard InChI is InChI=1S/C12H18N2O5/c1-19-11(17)9-5-3-7-14(9)12(18)13-6-2-4-8(13)10(15)16/h8-9H,2-7H2,1H3,(H,15,16)/t8-,9?/m0/s1. The maximum Gasteiger partial charge on any atom is 0.328 e. The van der Waals surface area contributed by atoms with Gasteiger partial charge in [0.15, 0.2) is 0 Å². The number of hydrogen-bond acceptors (Lipinski definition) is 4. The molecule has 2 rings (SSSR count). The first-order chi connectivity index (χ1) is 9.06. The maximum absolute atomic E-state index is 12.4. The molecule has 2 heterocycles.